The number of carbonyl (C=O) groups excluding carboxylic acids is 2. The highest BCUT2D eigenvalue weighted by Crippen LogP contribution is 2.37. The predicted molar refractivity (Wildman–Crippen MR) is 150 cm³/mol. The Morgan fingerprint density at radius 1 is 1.10 bits per heavy atom. The first kappa shape index (κ1) is 26.8. The molecule has 1 aromatic heterocycles. The Hall–Kier alpha value is -3.79. The van der Waals surface area contributed by atoms with Crippen molar-refractivity contribution in [1.82, 2.24) is 20.4 Å². The summed E-state index contributed by atoms with van der Waals surface area (Å²) in [5.74, 6) is 0.654. The molecule has 0 bridgehead atoms. The number of hydrogen-bond donors (Lipinski definition) is 2. The van der Waals surface area contributed by atoms with E-state index in [0.29, 0.717) is 51.6 Å². The lowest BCUT2D eigenvalue weighted by Gasteiger charge is -2.36. The summed E-state index contributed by atoms with van der Waals surface area (Å²) in [7, 11) is 1.64. The molecule has 0 saturated carbocycles. The lowest BCUT2D eigenvalue weighted by Crippen LogP contribution is -2.49. The number of amides is 2. The molecule has 0 spiro atoms. The zero-order valence-electron chi connectivity index (χ0n) is 22.9. The summed E-state index contributed by atoms with van der Waals surface area (Å²) in [6.07, 6.45) is 2.31. The van der Waals surface area contributed by atoms with Crippen LogP contribution in [0.3, 0.4) is 0 Å². The Labute approximate surface area is 228 Å². The second-order valence-corrected chi connectivity index (χ2v) is 10.0. The minimum Gasteiger partial charge on any atom is -0.489 e. The van der Waals surface area contributed by atoms with Crippen LogP contribution in [0.4, 0.5) is 10.5 Å². The van der Waals surface area contributed by atoms with Crippen LogP contribution in [-0.2, 0) is 9.47 Å². The molecular weight excluding hydrogens is 498 g/mol. The minimum absolute atomic E-state index is 0.0954. The molecule has 0 aliphatic carbocycles. The van der Waals surface area contributed by atoms with E-state index in [4.69, 9.17) is 14.2 Å². The van der Waals surface area contributed by atoms with Crippen LogP contribution >= 0.6 is 0 Å². The van der Waals surface area contributed by atoms with Crippen molar-refractivity contribution >= 4 is 28.6 Å². The van der Waals surface area contributed by atoms with Gasteiger partial charge in [0.1, 0.15) is 11.9 Å². The summed E-state index contributed by atoms with van der Waals surface area (Å²) < 4.78 is 17.3. The summed E-state index contributed by atoms with van der Waals surface area (Å²) in [6.45, 7) is 8.04. The van der Waals surface area contributed by atoms with Crippen LogP contribution in [0.25, 0.3) is 22.0 Å². The maximum absolute atomic E-state index is 12.8. The van der Waals surface area contributed by atoms with Gasteiger partial charge < -0.3 is 29.3 Å². The molecule has 0 radical (unpaired) electrons. The van der Waals surface area contributed by atoms with Gasteiger partial charge in [0.15, 0.2) is 0 Å². The normalized spacial score (nSPS) is 16.4. The van der Waals surface area contributed by atoms with Crippen LogP contribution in [0.2, 0.25) is 0 Å². The van der Waals surface area contributed by atoms with Crippen LogP contribution in [-0.4, -0.2) is 86.2 Å². The molecule has 3 heterocycles. The maximum Gasteiger partial charge on any atom is 0.409 e. The molecule has 10 heteroatoms. The number of hydrogen-bond acceptors (Lipinski definition) is 7. The monoisotopic (exact) mass is 535 g/mol. The topological polar surface area (TPSA) is 109 Å². The molecular formula is C29H37N5O5. The number of ether oxygens (including phenoxy) is 3. The van der Waals surface area contributed by atoms with Crippen LogP contribution < -0.4 is 15.0 Å². The van der Waals surface area contributed by atoms with Crippen molar-refractivity contribution in [2.75, 3.05) is 57.9 Å². The first-order valence-corrected chi connectivity index (χ1v) is 13.7. The third-order valence-corrected chi connectivity index (χ3v) is 7.38. The van der Waals surface area contributed by atoms with Gasteiger partial charge in [0.25, 0.3) is 5.91 Å². The average Bonchev–Trinajstić information content (AvgIpc) is 3.36. The molecule has 10 nitrogen and oxygen atoms in total. The number of anilines is 1. The van der Waals surface area contributed by atoms with E-state index in [9.17, 15) is 9.59 Å². The van der Waals surface area contributed by atoms with E-state index in [-0.39, 0.29) is 18.1 Å². The molecule has 3 aromatic rings. The Balaban J connectivity index is 1.46. The molecule has 208 valence electrons. The lowest BCUT2D eigenvalue weighted by atomic mass is 9.99. The number of aromatic amines is 1. The van der Waals surface area contributed by atoms with Gasteiger partial charge in [-0.3, -0.25) is 9.89 Å². The third kappa shape index (κ3) is 5.80. The van der Waals surface area contributed by atoms with Crippen LogP contribution in [0.5, 0.6) is 5.75 Å². The van der Waals surface area contributed by atoms with Gasteiger partial charge >= 0.3 is 6.09 Å². The van der Waals surface area contributed by atoms with E-state index in [0.717, 1.165) is 58.4 Å². The van der Waals surface area contributed by atoms with Gasteiger partial charge in [-0.2, -0.15) is 5.10 Å². The summed E-state index contributed by atoms with van der Waals surface area (Å²) >= 11 is 0. The number of piperazine rings is 1. The zero-order valence-corrected chi connectivity index (χ0v) is 22.9. The average molecular weight is 536 g/mol. The van der Waals surface area contributed by atoms with Crippen molar-refractivity contribution in [3.63, 3.8) is 0 Å². The van der Waals surface area contributed by atoms with Crippen LogP contribution in [0.15, 0.2) is 30.3 Å². The van der Waals surface area contributed by atoms with Crippen LogP contribution in [0, 0.1) is 6.92 Å². The molecule has 2 fully saturated rings. The van der Waals surface area contributed by atoms with Gasteiger partial charge in [-0.15, -0.1) is 0 Å². The summed E-state index contributed by atoms with van der Waals surface area (Å²) in [5, 5.41) is 11.3. The SMILES string of the molecule is CCCOC(=O)N1CCN(c2cc(-c3cc(OC4CCOCC4)c4c(C)n[nH]c4c3)ccc2C(=O)NC)CC1. The highest BCUT2D eigenvalue weighted by atomic mass is 16.6. The molecule has 2 aromatic carbocycles. The zero-order chi connectivity index (χ0) is 27.4. The van der Waals surface area contributed by atoms with E-state index in [1.165, 1.54) is 0 Å². The van der Waals surface area contributed by atoms with E-state index in [2.05, 4.69) is 38.6 Å². The van der Waals surface area contributed by atoms with Crippen molar-refractivity contribution in [1.29, 1.82) is 0 Å². The van der Waals surface area contributed by atoms with E-state index >= 15 is 0 Å². The number of benzene rings is 2. The van der Waals surface area contributed by atoms with E-state index < -0.39 is 0 Å². The largest absolute Gasteiger partial charge is 0.489 e. The Morgan fingerprint density at radius 2 is 1.87 bits per heavy atom. The van der Waals surface area contributed by atoms with Crippen molar-refractivity contribution in [2.24, 2.45) is 0 Å². The first-order valence-electron chi connectivity index (χ1n) is 13.7. The van der Waals surface area contributed by atoms with Crippen molar-refractivity contribution in [2.45, 2.75) is 39.2 Å². The number of carbonyl (C=O) groups is 2. The van der Waals surface area contributed by atoms with Gasteiger partial charge in [0.2, 0.25) is 0 Å². The fraction of sp³-hybridized carbons (Fsp3) is 0.483. The third-order valence-electron chi connectivity index (χ3n) is 7.38. The minimum atomic E-state index is -0.281. The molecule has 2 aliphatic rings. The quantitative estimate of drug-likeness (QED) is 0.468. The smallest absolute Gasteiger partial charge is 0.409 e. The molecule has 2 N–H and O–H groups in total. The maximum atomic E-state index is 12.8. The van der Waals surface area contributed by atoms with Crippen molar-refractivity contribution in [3.05, 3.63) is 41.6 Å². The highest BCUT2D eigenvalue weighted by Gasteiger charge is 2.26. The van der Waals surface area contributed by atoms with Crippen molar-refractivity contribution in [3.8, 4) is 16.9 Å². The first-order chi connectivity index (χ1) is 19.0. The number of fused-ring (bicyclic) bond motifs is 1. The lowest BCUT2D eigenvalue weighted by molar-refractivity contribution is 0.0262. The van der Waals surface area contributed by atoms with Crippen LogP contribution in [0.1, 0.15) is 42.2 Å². The van der Waals surface area contributed by atoms with Crippen molar-refractivity contribution < 1.29 is 23.8 Å². The van der Waals surface area contributed by atoms with E-state index in [1.54, 1.807) is 11.9 Å². The molecule has 39 heavy (non-hydrogen) atoms. The molecule has 5 rings (SSSR count). The Kier molecular flexibility index (Phi) is 8.21. The summed E-state index contributed by atoms with van der Waals surface area (Å²) in [4.78, 5) is 29.0. The second kappa shape index (κ2) is 11.9. The standard InChI is InChI=1S/C29H37N5O5/c1-4-13-38-29(36)34-11-9-33(10-12-34)25-17-20(5-6-23(25)28(35)30-3)21-16-24-27(19(2)31-32-24)26(18-21)39-22-7-14-37-15-8-22/h5-6,16-18,22H,4,7-15H2,1-3H3,(H,30,35)(H,31,32). The van der Waals surface area contributed by atoms with Gasteiger partial charge in [-0.25, -0.2) is 4.79 Å². The number of aryl methyl sites for hydroxylation is 1. The number of nitrogens with one attached hydrogen (secondary N) is 2. The summed E-state index contributed by atoms with van der Waals surface area (Å²) in [5.41, 5.74) is 5.17. The summed E-state index contributed by atoms with van der Waals surface area (Å²) in [6, 6.07) is 10.0. The fourth-order valence-corrected chi connectivity index (χ4v) is 5.22. The Morgan fingerprint density at radius 3 is 2.59 bits per heavy atom. The second-order valence-electron chi connectivity index (χ2n) is 10.0. The van der Waals surface area contributed by atoms with Gasteiger partial charge in [0, 0.05) is 46.1 Å². The molecule has 2 aliphatic heterocycles. The molecule has 2 saturated heterocycles. The number of nitrogens with zero attached hydrogens (tertiary/aromatic N) is 3. The fourth-order valence-electron chi connectivity index (χ4n) is 5.22. The van der Waals surface area contributed by atoms with Gasteiger partial charge in [0.05, 0.1) is 47.7 Å². The van der Waals surface area contributed by atoms with Gasteiger partial charge in [-0.05, 0) is 48.7 Å². The molecule has 0 unspecified atom stereocenters. The molecule has 2 amide bonds. The Bertz CT molecular complexity index is 1330. The number of rotatable bonds is 7. The molecule has 0 atom stereocenters. The number of aromatic nitrogens is 2. The van der Waals surface area contributed by atoms with E-state index in [1.807, 2.05) is 26.0 Å². The van der Waals surface area contributed by atoms with Gasteiger partial charge in [-0.1, -0.05) is 13.0 Å². The predicted octanol–water partition coefficient (Wildman–Crippen LogP) is 4.12. The number of H-pyrrole nitrogens is 1. The highest BCUT2D eigenvalue weighted by molar-refractivity contribution is 6.01.